The summed E-state index contributed by atoms with van der Waals surface area (Å²) in [6, 6.07) is 0. The summed E-state index contributed by atoms with van der Waals surface area (Å²) in [6.07, 6.45) is 2.81. The first-order valence-corrected chi connectivity index (χ1v) is 5.41. The van der Waals surface area contributed by atoms with Crippen molar-refractivity contribution in [2.45, 2.75) is 31.6 Å². The maximum absolute atomic E-state index is 11.2. The molecule has 1 atom stereocenters. The largest absolute Gasteiger partial charge is 0.343 e. The smallest absolute Gasteiger partial charge is 0.222 e. The van der Waals surface area contributed by atoms with Crippen LogP contribution in [0.2, 0.25) is 0 Å². The third-order valence-electron chi connectivity index (χ3n) is 2.22. The molecule has 4 heteroatoms. The Bertz CT molecular complexity index is 173. The summed E-state index contributed by atoms with van der Waals surface area (Å²) in [6.45, 7) is 4.79. The molecular formula is C9H18N2OS. The molecule has 1 aliphatic heterocycles. The molecular weight excluding hydrogens is 184 g/mol. The first-order chi connectivity index (χ1) is 6.20. The van der Waals surface area contributed by atoms with Crippen molar-refractivity contribution in [3.05, 3.63) is 0 Å². The fourth-order valence-electron chi connectivity index (χ4n) is 1.52. The second kappa shape index (κ2) is 5.50. The molecule has 1 fully saturated rings. The SMILES string of the molecule is CC(S)NCCCN1CCCC1=O. The summed E-state index contributed by atoms with van der Waals surface area (Å²) >= 11 is 4.21. The fourth-order valence-corrected chi connectivity index (χ4v) is 1.65. The summed E-state index contributed by atoms with van der Waals surface area (Å²) in [4.78, 5) is 13.1. The molecule has 1 amide bonds. The number of likely N-dealkylation sites (tertiary alicyclic amines) is 1. The zero-order valence-electron chi connectivity index (χ0n) is 8.12. The van der Waals surface area contributed by atoms with Crippen molar-refractivity contribution in [3.8, 4) is 0 Å². The van der Waals surface area contributed by atoms with Gasteiger partial charge in [0.05, 0.1) is 0 Å². The van der Waals surface area contributed by atoms with Gasteiger partial charge in [0.2, 0.25) is 5.91 Å². The lowest BCUT2D eigenvalue weighted by Crippen LogP contribution is -2.29. The number of rotatable bonds is 5. The summed E-state index contributed by atoms with van der Waals surface area (Å²) in [5, 5.41) is 3.46. The van der Waals surface area contributed by atoms with E-state index < -0.39 is 0 Å². The Morgan fingerprint density at radius 2 is 2.46 bits per heavy atom. The van der Waals surface area contributed by atoms with Gasteiger partial charge in [0.25, 0.3) is 0 Å². The van der Waals surface area contributed by atoms with Crippen molar-refractivity contribution in [1.29, 1.82) is 0 Å². The topological polar surface area (TPSA) is 32.3 Å². The minimum absolute atomic E-state index is 0.245. The Labute approximate surface area is 85.3 Å². The van der Waals surface area contributed by atoms with Gasteiger partial charge in [-0.1, -0.05) is 0 Å². The number of amides is 1. The van der Waals surface area contributed by atoms with Gasteiger partial charge in [-0.3, -0.25) is 4.79 Å². The van der Waals surface area contributed by atoms with Gasteiger partial charge in [-0.15, -0.1) is 0 Å². The molecule has 0 aromatic carbocycles. The average Bonchev–Trinajstić information content (AvgIpc) is 2.45. The lowest BCUT2D eigenvalue weighted by molar-refractivity contribution is -0.127. The van der Waals surface area contributed by atoms with Crippen molar-refractivity contribution >= 4 is 18.5 Å². The number of carbonyl (C=O) groups excluding carboxylic acids is 1. The highest BCUT2D eigenvalue weighted by molar-refractivity contribution is 7.80. The second-order valence-electron chi connectivity index (χ2n) is 3.47. The van der Waals surface area contributed by atoms with Crippen LogP contribution in [0, 0.1) is 0 Å². The molecule has 0 saturated carbocycles. The second-order valence-corrected chi connectivity index (χ2v) is 4.24. The Balaban J connectivity index is 2.02. The predicted molar refractivity (Wildman–Crippen MR) is 56.9 cm³/mol. The minimum Gasteiger partial charge on any atom is -0.343 e. The summed E-state index contributed by atoms with van der Waals surface area (Å²) in [5.41, 5.74) is 0. The Morgan fingerprint density at radius 3 is 3.00 bits per heavy atom. The number of carbonyl (C=O) groups is 1. The van der Waals surface area contributed by atoms with E-state index in [-0.39, 0.29) is 5.37 Å². The molecule has 3 nitrogen and oxygen atoms in total. The highest BCUT2D eigenvalue weighted by Gasteiger charge is 2.18. The zero-order chi connectivity index (χ0) is 9.68. The number of hydrogen-bond acceptors (Lipinski definition) is 3. The third-order valence-corrected chi connectivity index (χ3v) is 2.40. The van der Waals surface area contributed by atoms with E-state index in [4.69, 9.17) is 0 Å². The maximum atomic E-state index is 11.2. The normalized spacial score (nSPS) is 19.5. The molecule has 1 aliphatic rings. The van der Waals surface area contributed by atoms with Crippen LogP contribution in [-0.4, -0.2) is 35.8 Å². The standard InChI is InChI=1S/C9H18N2OS/c1-8(13)10-5-3-7-11-6-2-4-9(11)12/h8,10,13H,2-7H2,1H3. The highest BCUT2D eigenvalue weighted by Crippen LogP contribution is 2.09. The Kier molecular flexibility index (Phi) is 4.59. The van der Waals surface area contributed by atoms with E-state index in [2.05, 4.69) is 17.9 Å². The van der Waals surface area contributed by atoms with Crippen LogP contribution in [0.25, 0.3) is 0 Å². The zero-order valence-corrected chi connectivity index (χ0v) is 9.02. The molecule has 1 N–H and O–H groups in total. The van der Waals surface area contributed by atoms with Crippen LogP contribution in [0.5, 0.6) is 0 Å². The van der Waals surface area contributed by atoms with E-state index in [1.54, 1.807) is 0 Å². The third kappa shape index (κ3) is 4.00. The predicted octanol–water partition coefficient (Wildman–Crippen LogP) is 0.864. The first-order valence-electron chi connectivity index (χ1n) is 4.89. The average molecular weight is 202 g/mol. The lowest BCUT2D eigenvalue weighted by atomic mass is 10.4. The number of thiol groups is 1. The van der Waals surface area contributed by atoms with Crippen LogP contribution in [0.4, 0.5) is 0 Å². The molecule has 1 saturated heterocycles. The fraction of sp³-hybridized carbons (Fsp3) is 0.889. The van der Waals surface area contributed by atoms with Gasteiger partial charge >= 0.3 is 0 Å². The monoisotopic (exact) mass is 202 g/mol. The molecule has 0 bridgehead atoms. The van der Waals surface area contributed by atoms with Crippen molar-refractivity contribution in [2.24, 2.45) is 0 Å². The molecule has 0 aromatic rings. The van der Waals surface area contributed by atoms with Gasteiger partial charge in [-0.25, -0.2) is 0 Å². The van der Waals surface area contributed by atoms with E-state index >= 15 is 0 Å². The Hall–Kier alpha value is -0.220. The Morgan fingerprint density at radius 1 is 1.69 bits per heavy atom. The van der Waals surface area contributed by atoms with Crippen molar-refractivity contribution < 1.29 is 4.79 Å². The van der Waals surface area contributed by atoms with Crippen molar-refractivity contribution in [2.75, 3.05) is 19.6 Å². The van der Waals surface area contributed by atoms with Gasteiger partial charge in [0, 0.05) is 24.9 Å². The number of hydrogen-bond donors (Lipinski definition) is 2. The van der Waals surface area contributed by atoms with Crippen molar-refractivity contribution in [3.63, 3.8) is 0 Å². The molecule has 0 aliphatic carbocycles. The molecule has 1 unspecified atom stereocenters. The van der Waals surface area contributed by atoms with E-state index in [9.17, 15) is 4.79 Å². The molecule has 1 heterocycles. The van der Waals surface area contributed by atoms with Crippen LogP contribution in [0.1, 0.15) is 26.2 Å². The summed E-state index contributed by atoms with van der Waals surface area (Å²) in [7, 11) is 0. The van der Waals surface area contributed by atoms with Crippen LogP contribution in [0.15, 0.2) is 0 Å². The number of nitrogens with zero attached hydrogens (tertiary/aromatic N) is 1. The highest BCUT2D eigenvalue weighted by atomic mass is 32.1. The molecule has 0 radical (unpaired) electrons. The lowest BCUT2D eigenvalue weighted by Gasteiger charge is -2.15. The van der Waals surface area contributed by atoms with Crippen LogP contribution < -0.4 is 5.32 Å². The van der Waals surface area contributed by atoms with E-state index in [1.807, 2.05) is 11.8 Å². The van der Waals surface area contributed by atoms with Gasteiger partial charge in [0.1, 0.15) is 0 Å². The van der Waals surface area contributed by atoms with Gasteiger partial charge in [-0.05, 0) is 26.3 Å². The van der Waals surface area contributed by atoms with Crippen LogP contribution >= 0.6 is 12.6 Å². The molecule has 76 valence electrons. The molecule has 13 heavy (non-hydrogen) atoms. The molecule has 1 rings (SSSR count). The maximum Gasteiger partial charge on any atom is 0.222 e. The number of nitrogens with one attached hydrogen (secondary N) is 1. The van der Waals surface area contributed by atoms with Gasteiger partial charge < -0.3 is 10.2 Å². The van der Waals surface area contributed by atoms with Gasteiger partial charge in [0.15, 0.2) is 0 Å². The molecule has 0 spiro atoms. The summed E-state index contributed by atoms with van der Waals surface area (Å²) in [5.74, 6) is 0.318. The summed E-state index contributed by atoms with van der Waals surface area (Å²) < 4.78 is 0. The van der Waals surface area contributed by atoms with E-state index in [1.165, 1.54) is 0 Å². The van der Waals surface area contributed by atoms with Gasteiger partial charge in [-0.2, -0.15) is 12.6 Å². The van der Waals surface area contributed by atoms with Crippen LogP contribution in [-0.2, 0) is 4.79 Å². The van der Waals surface area contributed by atoms with Crippen LogP contribution in [0.3, 0.4) is 0 Å². The quantitative estimate of drug-likeness (QED) is 0.394. The van der Waals surface area contributed by atoms with E-state index in [0.717, 1.165) is 38.9 Å². The molecule has 0 aromatic heterocycles. The minimum atomic E-state index is 0.245. The first kappa shape index (κ1) is 10.9. The van der Waals surface area contributed by atoms with E-state index in [0.29, 0.717) is 5.91 Å². The van der Waals surface area contributed by atoms with Crippen molar-refractivity contribution in [1.82, 2.24) is 10.2 Å².